The number of aryl methyl sites for hydroxylation is 1. The van der Waals surface area contributed by atoms with E-state index in [0.29, 0.717) is 23.4 Å². The largest absolute Gasteiger partial charge is 0.488 e. The first kappa shape index (κ1) is 15.8. The first-order chi connectivity index (χ1) is 11.6. The van der Waals surface area contributed by atoms with Gasteiger partial charge in [-0.3, -0.25) is 9.69 Å². The zero-order chi connectivity index (χ0) is 16.8. The summed E-state index contributed by atoms with van der Waals surface area (Å²) in [5, 5.41) is 19.0. The first-order valence-corrected chi connectivity index (χ1v) is 9.16. The average molecular weight is 342 g/mol. The Balaban J connectivity index is 1.74. The number of thiophene rings is 1. The number of hydrogen-bond donors (Lipinski definition) is 2. The minimum absolute atomic E-state index is 0.00386. The number of amides is 1. The Morgan fingerprint density at radius 3 is 2.79 bits per heavy atom. The van der Waals surface area contributed by atoms with Gasteiger partial charge in [0.1, 0.15) is 5.82 Å². The van der Waals surface area contributed by atoms with E-state index in [2.05, 4.69) is 4.98 Å². The van der Waals surface area contributed by atoms with Gasteiger partial charge in [-0.2, -0.15) is 0 Å². The molecule has 5 nitrogen and oxygen atoms in total. The van der Waals surface area contributed by atoms with Gasteiger partial charge < -0.3 is 10.0 Å². The average Bonchev–Trinajstić information content (AvgIpc) is 2.95. The highest BCUT2D eigenvalue weighted by atomic mass is 32.1. The van der Waals surface area contributed by atoms with E-state index in [9.17, 15) is 14.8 Å². The van der Waals surface area contributed by atoms with Crippen LogP contribution >= 0.6 is 11.3 Å². The van der Waals surface area contributed by atoms with E-state index in [1.54, 1.807) is 29.2 Å². The first-order valence-electron chi connectivity index (χ1n) is 8.35. The molecule has 0 saturated carbocycles. The molecule has 2 aliphatic rings. The van der Waals surface area contributed by atoms with Crippen molar-refractivity contribution in [3.8, 4) is 0 Å². The van der Waals surface area contributed by atoms with Crippen LogP contribution in [0.3, 0.4) is 0 Å². The number of aromatic nitrogens is 1. The van der Waals surface area contributed by atoms with Crippen LogP contribution in [0, 0.1) is 6.92 Å². The van der Waals surface area contributed by atoms with Crippen molar-refractivity contribution >= 4 is 35.6 Å². The van der Waals surface area contributed by atoms with Gasteiger partial charge in [0.2, 0.25) is 0 Å². The molecule has 1 aliphatic carbocycles. The predicted octanol–water partition coefficient (Wildman–Crippen LogP) is 1.21. The molecule has 1 amide bonds. The van der Waals surface area contributed by atoms with Crippen LogP contribution in [0.15, 0.2) is 12.3 Å². The van der Waals surface area contributed by atoms with E-state index in [1.807, 2.05) is 0 Å². The van der Waals surface area contributed by atoms with Crippen LogP contribution in [0.1, 0.15) is 44.1 Å². The second-order valence-electron chi connectivity index (χ2n) is 6.45. The Labute approximate surface area is 145 Å². The fourth-order valence-electron chi connectivity index (χ4n) is 3.81. The van der Waals surface area contributed by atoms with Crippen LogP contribution < -0.4 is 10.4 Å². The highest BCUT2D eigenvalue weighted by molar-refractivity contribution is 7.14. The third kappa shape index (κ3) is 2.39. The van der Waals surface area contributed by atoms with Gasteiger partial charge >= 0.3 is 7.12 Å². The zero-order valence-corrected chi connectivity index (χ0v) is 14.4. The van der Waals surface area contributed by atoms with Crippen LogP contribution in [0.2, 0.25) is 0 Å². The molecule has 124 valence electrons. The third-order valence-corrected chi connectivity index (χ3v) is 6.38. The topological polar surface area (TPSA) is 73.7 Å². The van der Waals surface area contributed by atoms with Gasteiger partial charge in [0.05, 0.1) is 4.88 Å². The lowest BCUT2D eigenvalue weighted by atomic mass is 9.78. The lowest BCUT2D eigenvalue weighted by Crippen LogP contribution is -2.40. The molecule has 3 heterocycles. The molecule has 0 unspecified atom stereocenters. The molecule has 0 aromatic carbocycles. The molecule has 2 aromatic heterocycles. The number of carbonyl (C=O) groups excluding carboxylic acids is 1. The van der Waals surface area contributed by atoms with Gasteiger partial charge in [-0.25, -0.2) is 4.98 Å². The van der Waals surface area contributed by atoms with E-state index >= 15 is 0 Å². The van der Waals surface area contributed by atoms with Crippen molar-refractivity contribution in [1.82, 2.24) is 4.98 Å². The number of pyridine rings is 1. The molecule has 0 atom stereocenters. The molecule has 0 spiro atoms. The standard InChI is InChI=1S/C17H19BN2O3S/c1-10-13(18(22)23)6-8-19-16(10)20-9-7-12-11-4-2-3-5-14(11)24-15(12)17(20)21/h6,8,22-23H,2-5,7,9H2,1H3. The lowest BCUT2D eigenvalue weighted by Gasteiger charge is -2.28. The maximum Gasteiger partial charge on any atom is 0.488 e. The molecule has 0 saturated heterocycles. The van der Waals surface area contributed by atoms with Crippen LogP contribution in [0.4, 0.5) is 5.82 Å². The molecule has 24 heavy (non-hydrogen) atoms. The molecule has 0 bridgehead atoms. The maximum absolute atomic E-state index is 13.0. The van der Waals surface area contributed by atoms with Gasteiger partial charge in [-0.1, -0.05) is 0 Å². The second-order valence-corrected chi connectivity index (χ2v) is 7.55. The van der Waals surface area contributed by atoms with Crippen molar-refractivity contribution in [2.75, 3.05) is 11.4 Å². The molecule has 0 radical (unpaired) electrons. The third-order valence-electron chi connectivity index (χ3n) is 5.06. The van der Waals surface area contributed by atoms with Crippen molar-refractivity contribution in [1.29, 1.82) is 0 Å². The summed E-state index contributed by atoms with van der Waals surface area (Å²) in [5.74, 6) is 0.526. The smallest absolute Gasteiger partial charge is 0.423 e. The van der Waals surface area contributed by atoms with Crippen molar-refractivity contribution in [3.05, 3.63) is 38.7 Å². The van der Waals surface area contributed by atoms with E-state index in [0.717, 1.165) is 24.1 Å². The number of carbonyl (C=O) groups is 1. The summed E-state index contributed by atoms with van der Waals surface area (Å²) in [4.78, 5) is 21.3. The number of anilines is 1. The van der Waals surface area contributed by atoms with Gasteiger partial charge in [0, 0.05) is 17.6 Å². The molecule has 2 aromatic rings. The van der Waals surface area contributed by atoms with E-state index < -0.39 is 7.12 Å². The lowest BCUT2D eigenvalue weighted by molar-refractivity contribution is 0.0984. The van der Waals surface area contributed by atoms with E-state index in [4.69, 9.17) is 0 Å². The summed E-state index contributed by atoms with van der Waals surface area (Å²) < 4.78 is 0. The molecular weight excluding hydrogens is 323 g/mol. The Hall–Kier alpha value is -1.70. The maximum atomic E-state index is 13.0. The summed E-state index contributed by atoms with van der Waals surface area (Å²) in [6, 6.07) is 1.58. The Morgan fingerprint density at radius 1 is 1.21 bits per heavy atom. The zero-order valence-electron chi connectivity index (χ0n) is 13.6. The fraction of sp³-hybridized carbons (Fsp3) is 0.412. The Kier molecular flexibility index (Phi) is 3.94. The Morgan fingerprint density at radius 2 is 2.00 bits per heavy atom. The number of fused-ring (bicyclic) bond motifs is 3. The second kappa shape index (κ2) is 5.99. The molecule has 2 N–H and O–H groups in total. The van der Waals surface area contributed by atoms with Gasteiger partial charge in [0.15, 0.2) is 0 Å². The minimum Gasteiger partial charge on any atom is -0.423 e. The fourth-order valence-corrected chi connectivity index (χ4v) is 5.20. The number of rotatable bonds is 2. The van der Waals surface area contributed by atoms with Gasteiger partial charge in [-0.15, -0.1) is 11.3 Å². The normalized spacial score (nSPS) is 16.8. The van der Waals surface area contributed by atoms with Crippen molar-refractivity contribution < 1.29 is 14.8 Å². The van der Waals surface area contributed by atoms with Crippen LogP contribution in [-0.4, -0.2) is 34.6 Å². The molecule has 1 aliphatic heterocycles. The molecule has 4 rings (SSSR count). The monoisotopic (exact) mass is 342 g/mol. The van der Waals surface area contributed by atoms with Crippen LogP contribution in [0.25, 0.3) is 0 Å². The summed E-state index contributed by atoms with van der Waals surface area (Å²) in [5.41, 5.74) is 3.69. The summed E-state index contributed by atoms with van der Waals surface area (Å²) in [7, 11) is -1.56. The molecule has 0 fully saturated rings. The molecular formula is C17H19BN2O3S. The van der Waals surface area contributed by atoms with Crippen LogP contribution in [0.5, 0.6) is 0 Å². The predicted molar refractivity (Wildman–Crippen MR) is 95.1 cm³/mol. The quantitative estimate of drug-likeness (QED) is 0.805. The highest BCUT2D eigenvalue weighted by Crippen LogP contribution is 2.38. The van der Waals surface area contributed by atoms with Gasteiger partial charge in [-0.05, 0) is 67.2 Å². The SMILES string of the molecule is Cc1c(B(O)O)ccnc1N1CCc2c(sc3c2CCCC3)C1=O. The number of nitrogens with zero attached hydrogens (tertiary/aromatic N) is 2. The molecule has 7 heteroatoms. The van der Waals surface area contributed by atoms with E-state index in [-0.39, 0.29) is 5.91 Å². The minimum atomic E-state index is -1.56. The van der Waals surface area contributed by atoms with Gasteiger partial charge in [0.25, 0.3) is 5.91 Å². The summed E-state index contributed by atoms with van der Waals surface area (Å²) >= 11 is 1.64. The summed E-state index contributed by atoms with van der Waals surface area (Å²) in [6.45, 7) is 2.37. The van der Waals surface area contributed by atoms with E-state index in [1.165, 1.54) is 35.0 Å². The number of hydrogen-bond acceptors (Lipinski definition) is 5. The van der Waals surface area contributed by atoms with Crippen molar-refractivity contribution in [2.24, 2.45) is 0 Å². The Bertz CT molecular complexity index is 818. The van der Waals surface area contributed by atoms with Crippen LogP contribution in [-0.2, 0) is 19.3 Å². The summed E-state index contributed by atoms with van der Waals surface area (Å²) in [6.07, 6.45) is 6.98. The van der Waals surface area contributed by atoms with Crippen molar-refractivity contribution in [3.63, 3.8) is 0 Å². The van der Waals surface area contributed by atoms with Crippen molar-refractivity contribution in [2.45, 2.75) is 39.0 Å². The highest BCUT2D eigenvalue weighted by Gasteiger charge is 2.33.